The number of nitrogens with one attached hydrogen (secondary N) is 1. The third-order valence-corrected chi connectivity index (χ3v) is 7.23. The Hall–Kier alpha value is -1.84. The Morgan fingerprint density at radius 2 is 2.07 bits per heavy atom. The molecule has 0 saturated carbocycles. The first-order chi connectivity index (χ1) is 13.6. The number of ether oxygens (including phenoxy) is 1. The molecule has 0 aliphatic carbocycles. The molecule has 4 aliphatic heterocycles. The van der Waals surface area contributed by atoms with Crippen molar-refractivity contribution in [3.05, 3.63) is 35.5 Å². The molecule has 0 bridgehead atoms. The van der Waals surface area contributed by atoms with Gasteiger partial charge in [-0.1, -0.05) is 38.1 Å². The van der Waals surface area contributed by atoms with Gasteiger partial charge in [0.25, 0.3) is 12.6 Å². The van der Waals surface area contributed by atoms with E-state index in [0.29, 0.717) is 19.8 Å². The number of likely N-dealkylation sites (tertiary alicyclic amines) is 1. The van der Waals surface area contributed by atoms with Crippen molar-refractivity contribution in [1.29, 1.82) is 5.26 Å². The Morgan fingerprint density at radius 1 is 1.32 bits per heavy atom. The molecule has 0 aromatic rings. The summed E-state index contributed by atoms with van der Waals surface area (Å²) in [5.41, 5.74) is 2.89. The monoisotopic (exact) mass is 379 g/mol. The van der Waals surface area contributed by atoms with Gasteiger partial charge in [-0.2, -0.15) is 0 Å². The Bertz CT molecular complexity index is 735. The van der Waals surface area contributed by atoms with Crippen LogP contribution < -0.4 is 5.32 Å². The first-order valence-corrected chi connectivity index (χ1v) is 10.7. The zero-order valence-corrected chi connectivity index (χ0v) is 16.7. The second kappa shape index (κ2) is 8.27. The summed E-state index contributed by atoms with van der Waals surface area (Å²) < 4.78 is 6.09. The largest absolute Gasteiger partial charge is 0.376 e. The van der Waals surface area contributed by atoms with E-state index in [1.165, 1.54) is 12.8 Å². The maximum atomic E-state index is 12.0. The molecule has 0 aromatic carbocycles. The second-order valence-corrected chi connectivity index (χ2v) is 8.98. The molecule has 1 N–H and O–H groups in total. The SMILES string of the molecule is C=C1/C=C\C2=C(CNC2=O)COCC12CCN(CC1CCB(C#N)CC1)CC2. The molecule has 4 aliphatic rings. The standard InChI is InChI=1S/C22H30BN3O2/c1-17-2-3-20-19(12-25-21(20)27)14-28-15-22(17)6-10-26(11-7-22)13-18-4-8-23(16-24)9-5-18/h2-3,18H,1,4-15H2,(H,25,27)/b3-2-. The third kappa shape index (κ3) is 3.97. The van der Waals surface area contributed by atoms with E-state index in [1.54, 1.807) is 0 Å². The van der Waals surface area contributed by atoms with Gasteiger partial charge in [-0.15, -0.1) is 0 Å². The van der Waals surface area contributed by atoms with Crippen molar-refractivity contribution >= 4 is 12.6 Å². The van der Waals surface area contributed by atoms with Crippen LogP contribution in [-0.4, -0.2) is 56.9 Å². The summed E-state index contributed by atoms with van der Waals surface area (Å²) in [5.74, 6) is 3.17. The number of hydrogen-bond donors (Lipinski definition) is 1. The zero-order valence-electron chi connectivity index (χ0n) is 16.7. The summed E-state index contributed by atoms with van der Waals surface area (Å²) in [5, 5.41) is 12.0. The van der Waals surface area contributed by atoms with Gasteiger partial charge in [0.1, 0.15) is 0 Å². The minimum atomic E-state index is -0.0122. The van der Waals surface area contributed by atoms with E-state index in [9.17, 15) is 4.79 Å². The highest BCUT2D eigenvalue weighted by atomic mass is 16.5. The summed E-state index contributed by atoms with van der Waals surface area (Å²) >= 11 is 0. The quantitative estimate of drug-likeness (QED) is 0.749. The van der Waals surface area contributed by atoms with E-state index in [-0.39, 0.29) is 18.0 Å². The first-order valence-electron chi connectivity index (χ1n) is 10.7. The number of allylic oxidation sites excluding steroid dienone is 1. The molecule has 6 heteroatoms. The van der Waals surface area contributed by atoms with E-state index >= 15 is 0 Å². The van der Waals surface area contributed by atoms with Gasteiger partial charge in [-0.25, -0.2) is 5.26 Å². The molecule has 2 saturated heterocycles. The van der Waals surface area contributed by atoms with Crippen LogP contribution in [0, 0.1) is 22.6 Å². The van der Waals surface area contributed by atoms with Gasteiger partial charge >= 0.3 is 0 Å². The molecule has 0 radical (unpaired) electrons. The van der Waals surface area contributed by atoms with Crippen molar-refractivity contribution in [3.63, 3.8) is 0 Å². The lowest BCUT2D eigenvalue weighted by molar-refractivity contribution is -0.116. The van der Waals surface area contributed by atoms with Gasteiger partial charge in [0.15, 0.2) is 0 Å². The van der Waals surface area contributed by atoms with E-state index < -0.39 is 0 Å². The lowest BCUT2D eigenvalue weighted by Gasteiger charge is -2.43. The Balaban J connectivity index is 1.34. The molecule has 5 nitrogen and oxygen atoms in total. The molecule has 1 spiro atoms. The van der Waals surface area contributed by atoms with Crippen molar-refractivity contribution in [3.8, 4) is 5.97 Å². The van der Waals surface area contributed by atoms with E-state index in [2.05, 4.69) is 22.8 Å². The van der Waals surface area contributed by atoms with Gasteiger partial charge in [-0.3, -0.25) is 4.79 Å². The van der Waals surface area contributed by atoms with Crippen LogP contribution in [0.25, 0.3) is 0 Å². The van der Waals surface area contributed by atoms with Crippen LogP contribution in [0.15, 0.2) is 35.5 Å². The fourth-order valence-corrected chi connectivity index (χ4v) is 5.15. The number of piperidine rings is 1. The number of amides is 1. The highest BCUT2D eigenvalue weighted by molar-refractivity contribution is 6.67. The minimum absolute atomic E-state index is 0.000427. The molecule has 4 rings (SSSR count). The highest BCUT2D eigenvalue weighted by Gasteiger charge is 2.38. The molecular weight excluding hydrogens is 349 g/mol. The second-order valence-electron chi connectivity index (χ2n) is 8.98. The van der Waals surface area contributed by atoms with Crippen molar-refractivity contribution in [1.82, 2.24) is 10.2 Å². The van der Waals surface area contributed by atoms with E-state index in [4.69, 9.17) is 10.00 Å². The van der Waals surface area contributed by atoms with Crippen LogP contribution in [0.1, 0.15) is 25.7 Å². The van der Waals surface area contributed by atoms with E-state index in [1.807, 2.05) is 12.2 Å². The number of nitriles is 1. The van der Waals surface area contributed by atoms with Gasteiger partial charge < -0.3 is 15.0 Å². The van der Waals surface area contributed by atoms with Crippen LogP contribution >= 0.6 is 0 Å². The third-order valence-electron chi connectivity index (χ3n) is 7.23. The van der Waals surface area contributed by atoms with Crippen LogP contribution in [-0.2, 0) is 9.53 Å². The van der Waals surface area contributed by atoms with Gasteiger partial charge in [-0.05, 0) is 49.1 Å². The lowest BCUT2D eigenvalue weighted by Crippen LogP contribution is -2.45. The van der Waals surface area contributed by atoms with Crippen LogP contribution in [0.3, 0.4) is 0 Å². The van der Waals surface area contributed by atoms with Crippen molar-refractivity contribution in [2.45, 2.75) is 38.3 Å². The number of carbonyl (C=O) groups excluding carboxylic acids is 1. The number of rotatable bonds is 2. The van der Waals surface area contributed by atoms with Crippen LogP contribution in [0.2, 0.25) is 12.6 Å². The molecule has 1 amide bonds. The summed E-state index contributed by atoms with van der Waals surface area (Å²) in [7, 11) is 0. The summed E-state index contributed by atoms with van der Waals surface area (Å²) in [6.45, 7) is 9.75. The Morgan fingerprint density at radius 3 is 2.79 bits per heavy atom. The van der Waals surface area contributed by atoms with Crippen molar-refractivity contribution in [2.75, 3.05) is 39.4 Å². The normalized spacial score (nSPS) is 27.6. The molecule has 0 atom stereocenters. The van der Waals surface area contributed by atoms with Gasteiger partial charge in [0.05, 0.1) is 13.2 Å². The Kier molecular flexibility index (Phi) is 5.75. The molecular formula is C22H30BN3O2. The fraction of sp³-hybridized carbons (Fsp3) is 0.636. The molecule has 28 heavy (non-hydrogen) atoms. The molecule has 148 valence electrons. The average Bonchev–Trinajstić information content (AvgIpc) is 3.09. The molecule has 4 heterocycles. The first kappa shape index (κ1) is 19.5. The maximum absolute atomic E-state index is 12.0. The van der Waals surface area contributed by atoms with Crippen molar-refractivity contribution in [2.24, 2.45) is 11.3 Å². The maximum Gasteiger partial charge on any atom is 0.267 e. The van der Waals surface area contributed by atoms with E-state index in [0.717, 1.165) is 67.8 Å². The highest BCUT2D eigenvalue weighted by Crippen LogP contribution is 2.40. The number of nitrogens with zero attached hydrogens (tertiary/aromatic N) is 2. The Labute approximate surface area is 168 Å². The van der Waals surface area contributed by atoms with Crippen LogP contribution in [0.4, 0.5) is 0 Å². The van der Waals surface area contributed by atoms with Crippen molar-refractivity contribution < 1.29 is 9.53 Å². The summed E-state index contributed by atoms with van der Waals surface area (Å²) in [4.78, 5) is 14.6. The topological polar surface area (TPSA) is 65.4 Å². The lowest BCUT2D eigenvalue weighted by atomic mass is 9.42. The van der Waals surface area contributed by atoms with Crippen LogP contribution in [0.5, 0.6) is 0 Å². The smallest absolute Gasteiger partial charge is 0.267 e. The summed E-state index contributed by atoms with van der Waals surface area (Å²) in [6, 6.07) is 0. The number of hydrogen-bond acceptors (Lipinski definition) is 4. The predicted molar refractivity (Wildman–Crippen MR) is 111 cm³/mol. The molecule has 2 fully saturated rings. The summed E-state index contributed by atoms with van der Waals surface area (Å²) in [6.07, 6.45) is 10.6. The van der Waals surface area contributed by atoms with Gasteiger partial charge in [0.2, 0.25) is 0 Å². The molecule has 0 aromatic heterocycles. The predicted octanol–water partition coefficient (Wildman–Crippen LogP) is 2.61. The zero-order chi connectivity index (χ0) is 19.6. The number of carbonyl (C=O) groups is 1. The fourth-order valence-electron chi connectivity index (χ4n) is 5.15. The minimum Gasteiger partial charge on any atom is -0.376 e. The molecule has 0 unspecified atom stereocenters. The van der Waals surface area contributed by atoms with Gasteiger partial charge in [0, 0.05) is 30.0 Å². The average molecular weight is 379 g/mol.